The van der Waals surface area contributed by atoms with Crippen molar-refractivity contribution in [3.63, 3.8) is 0 Å². The van der Waals surface area contributed by atoms with Crippen molar-refractivity contribution >= 4 is 0 Å². The highest BCUT2D eigenvalue weighted by Crippen LogP contribution is 2.22. The van der Waals surface area contributed by atoms with Gasteiger partial charge >= 0.3 is 0 Å². The van der Waals surface area contributed by atoms with Gasteiger partial charge in [0.25, 0.3) is 0 Å². The first-order chi connectivity index (χ1) is 6.72. The zero-order chi connectivity index (χ0) is 10.6. The minimum atomic E-state index is 0.431. The van der Waals surface area contributed by atoms with Crippen molar-refractivity contribution in [1.29, 1.82) is 5.26 Å². The van der Waals surface area contributed by atoms with E-state index in [4.69, 9.17) is 14.7 Å². The summed E-state index contributed by atoms with van der Waals surface area (Å²) in [4.78, 5) is 0. The second-order valence-corrected chi connectivity index (χ2v) is 3.02. The fraction of sp³-hybridized carbons (Fsp3) is 0.364. The lowest BCUT2D eigenvalue weighted by Gasteiger charge is -2.08. The van der Waals surface area contributed by atoms with Crippen LogP contribution in [0.2, 0.25) is 0 Å². The van der Waals surface area contributed by atoms with E-state index in [0.29, 0.717) is 12.2 Å². The third kappa shape index (κ3) is 2.04. The minimum Gasteiger partial charge on any atom is -0.497 e. The van der Waals surface area contributed by atoms with Crippen LogP contribution in [0, 0.1) is 18.3 Å². The average molecular weight is 191 g/mol. The Hall–Kier alpha value is -1.53. The van der Waals surface area contributed by atoms with E-state index in [2.05, 4.69) is 6.07 Å². The van der Waals surface area contributed by atoms with Gasteiger partial charge in [0, 0.05) is 7.11 Å². The number of nitrogens with zero attached hydrogens (tertiary/aromatic N) is 1. The number of hydrogen-bond acceptors (Lipinski definition) is 3. The van der Waals surface area contributed by atoms with Crippen LogP contribution in [0.3, 0.4) is 0 Å². The number of nitriles is 1. The van der Waals surface area contributed by atoms with E-state index in [1.165, 1.54) is 0 Å². The van der Waals surface area contributed by atoms with E-state index in [9.17, 15) is 0 Å². The smallest absolute Gasteiger partial charge is 0.119 e. The molecule has 0 spiro atoms. The van der Waals surface area contributed by atoms with E-state index in [1.807, 2.05) is 19.1 Å². The minimum absolute atomic E-state index is 0.431. The molecule has 0 amide bonds. The summed E-state index contributed by atoms with van der Waals surface area (Å²) in [5.41, 5.74) is 2.46. The molecule has 0 saturated carbocycles. The van der Waals surface area contributed by atoms with Crippen molar-refractivity contribution in [1.82, 2.24) is 0 Å². The Balaban J connectivity index is 3.22. The summed E-state index contributed by atoms with van der Waals surface area (Å²) < 4.78 is 10.1. The lowest BCUT2D eigenvalue weighted by atomic mass is 10.0. The van der Waals surface area contributed by atoms with Gasteiger partial charge in [-0.25, -0.2) is 0 Å². The standard InChI is InChI=1S/C11H13NO2/c1-8-4-10(14-3)5-9(7-13-2)11(8)6-12/h4-5H,7H2,1-3H3. The predicted molar refractivity (Wildman–Crippen MR) is 53.2 cm³/mol. The van der Waals surface area contributed by atoms with Gasteiger partial charge in [0.05, 0.1) is 25.3 Å². The maximum absolute atomic E-state index is 8.94. The molecule has 1 aromatic rings. The lowest BCUT2D eigenvalue weighted by molar-refractivity contribution is 0.184. The first-order valence-corrected chi connectivity index (χ1v) is 4.29. The van der Waals surface area contributed by atoms with Crippen molar-refractivity contribution in [2.45, 2.75) is 13.5 Å². The number of methoxy groups -OCH3 is 2. The quantitative estimate of drug-likeness (QED) is 0.734. The molecule has 0 aliphatic rings. The molecule has 0 N–H and O–H groups in total. The molecule has 0 unspecified atom stereocenters. The van der Waals surface area contributed by atoms with Crippen molar-refractivity contribution < 1.29 is 9.47 Å². The third-order valence-corrected chi connectivity index (χ3v) is 2.04. The molecule has 0 bridgehead atoms. The van der Waals surface area contributed by atoms with Crippen LogP contribution < -0.4 is 4.74 Å². The Labute approximate surface area is 83.9 Å². The molecule has 0 atom stereocenters. The van der Waals surface area contributed by atoms with E-state index in [-0.39, 0.29) is 0 Å². The molecule has 0 saturated heterocycles. The third-order valence-electron chi connectivity index (χ3n) is 2.04. The maximum atomic E-state index is 8.94. The highest BCUT2D eigenvalue weighted by molar-refractivity contribution is 5.48. The Kier molecular flexibility index (Phi) is 3.49. The van der Waals surface area contributed by atoms with Gasteiger partial charge in [0.15, 0.2) is 0 Å². The lowest BCUT2D eigenvalue weighted by Crippen LogP contribution is -1.97. The Morgan fingerprint density at radius 1 is 1.36 bits per heavy atom. The summed E-state index contributed by atoms with van der Waals surface area (Å²) in [5, 5.41) is 8.94. The first-order valence-electron chi connectivity index (χ1n) is 4.29. The normalized spacial score (nSPS) is 9.57. The Morgan fingerprint density at radius 3 is 2.57 bits per heavy atom. The van der Waals surface area contributed by atoms with Crippen LogP contribution >= 0.6 is 0 Å². The van der Waals surface area contributed by atoms with Crippen molar-refractivity contribution in [3.05, 3.63) is 28.8 Å². The molecule has 14 heavy (non-hydrogen) atoms. The molecule has 3 nitrogen and oxygen atoms in total. The number of hydrogen-bond donors (Lipinski definition) is 0. The van der Waals surface area contributed by atoms with Gasteiger partial charge in [0.1, 0.15) is 5.75 Å². The zero-order valence-corrected chi connectivity index (χ0v) is 8.63. The van der Waals surface area contributed by atoms with Crippen LogP contribution in [0.25, 0.3) is 0 Å². The van der Waals surface area contributed by atoms with Crippen LogP contribution in [0.4, 0.5) is 0 Å². The van der Waals surface area contributed by atoms with Gasteiger partial charge in [-0.3, -0.25) is 0 Å². The predicted octanol–water partition coefficient (Wildman–Crippen LogP) is 2.02. The molecule has 0 heterocycles. The number of rotatable bonds is 3. The largest absolute Gasteiger partial charge is 0.497 e. The van der Waals surface area contributed by atoms with Gasteiger partial charge < -0.3 is 9.47 Å². The van der Waals surface area contributed by atoms with Crippen molar-refractivity contribution in [2.75, 3.05) is 14.2 Å². The molecule has 3 heteroatoms. The van der Waals surface area contributed by atoms with Crippen molar-refractivity contribution in [2.24, 2.45) is 0 Å². The monoisotopic (exact) mass is 191 g/mol. The van der Waals surface area contributed by atoms with Crippen LogP contribution in [0.1, 0.15) is 16.7 Å². The van der Waals surface area contributed by atoms with E-state index in [0.717, 1.165) is 16.9 Å². The van der Waals surface area contributed by atoms with Gasteiger partial charge in [-0.15, -0.1) is 0 Å². The molecular formula is C11H13NO2. The number of aryl methyl sites for hydroxylation is 1. The molecule has 0 aromatic heterocycles. The summed E-state index contributed by atoms with van der Waals surface area (Å²) in [7, 11) is 3.22. The van der Waals surface area contributed by atoms with Gasteiger partial charge in [-0.2, -0.15) is 5.26 Å². The summed E-state index contributed by atoms with van der Waals surface area (Å²) in [5.74, 6) is 0.758. The van der Waals surface area contributed by atoms with Crippen LogP contribution in [-0.4, -0.2) is 14.2 Å². The molecular weight excluding hydrogens is 178 g/mol. The summed E-state index contributed by atoms with van der Waals surface area (Å²) in [6.45, 7) is 2.32. The fourth-order valence-corrected chi connectivity index (χ4v) is 1.37. The SMILES string of the molecule is COCc1cc(OC)cc(C)c1C#N. The van der Waals surface area contributed by atoms with Gasteiger partial charge in [0.2, 0.25) is 0 Å². The van der Waals surface area contributed by atoms with E-state index >= 15 is 0 Å². The topological polar surface area (TPSA) is 42.2 Å². The number of ether oxygens (including phenoxy) is 2. The van der Waals surface area contributed by atoms with Gasteiger partial charge in [-0.05, 0) is 30.2 Å². The molecule has 1 rings (SSSR count). The Bertz CT molecular complexity index is 366. The van der Waals surface area contributed by atoms with Crippen LogP contribution in [0.5, 0.6) is 5.75 Å². The average Bonchev–Trinajstić information content (AvgIpc) is 2.18. The van der Waals surface area contributed by atoms with Gasteiger partial charge in [-0.1, -0.05) is 0 Å². The zero-order valence-electron chi connectivity index (χ0n) is 8.63. The summed E-state index contributed by atoms with van der Waals surface area (Å²) in [6, 6.07) is 5.84. The highest BCUT2D eigenvalue weighted by atomic mass is 16.5. The summed E-state index contributed by atoms with van der Waals surface area (Å²) >= 11 is 0. The molecule has 0 fully saturated rings. The summed E-state index contributed by atoms with van der Waals surface area (Å²) in [6.07, 6.45) is 0. The van der Waals surface area contributed by atoms with E-state index in [1.54, 1.807) is 14.2 Å². The van der Waals surface area contributed by atoms with E-state index < -0.39 is 0 Å². The fourth-order valence-electron chi connectivity index (χ4n) is 1.37. The molecule has 0 radical (unpaired) electrons. The molecule has 1 aromatic carbocycles. The second-order valence-electron chi connectivity index (χ2n) is 3.02. The molecule has 0 aliphatic heterocycles. The van der Waals surface area contributed by atoms with Crippen molar-refractivity contribution in [3.8, 4) is 11.8 Å². The Morgan fingerprint density at radius 2 is 2.07 bits per heavy atom. The van der Waals surface area contributed by atoms with Crippen LogP contribution in [-0.2, 0) is 11.3 Å². The molecule has 0 aliphatic carbocycles. The first kappa shape index (κ1) is 10.6. The number of benzene rings is 1. The maximum Gasteiger partial charge on any atom is 0.119 e. The van der Waals surface area contributed by atoms with Crippen LogP contribution in [0.15, 0.2) is 12.1 Å². The molecule has 74 valence electrons. The highest BCUT2D eigenvalue weighted by Gasteiger charge is 2.07. The second kappa shape index (κ2) is 4.64.